The molecule has 11 atom stereocenters. The van der Waals surface area contributed by atoms with Crippen LogP contribution in [0.25, 0.3) is 0 Å². The van der Waals surface area contributed by atoms with Crippen LogP contribution in [0, 0.1) is 46.3 Å². The Hall–Kier alpha value is -1.18. The molecule has 0 aromatic carbocycles. The van der Waals surface area contributed by atoms with Crippen LogP contribution in [0.1, 0.15) is 78.6 Å². The quantitative estimate of drug-likeness (QED) is 0.410. The maximum atomic E-state index is 12.0. The molecule has 0 bridgehead atoms. The van der Waals surface area contributed by atoms with Crippen LogP contribution in [0.4, 0.5) is 0 Å². The average Bonchev–Trinajstić information content (AvgIpc) is 3.11. The number of aliphatic hydroxyl groups is 3. The van der Waals surface area contributed by atoms with E-state index in [0.29, 0.717) is 25.2 Å². The van der Waals surface area contributed by atoms with Crippen LogP contribution in [0.3, 0.4) is 0 Å². The minimum absolute atomic E-state index is 0.0668. The summed E-state index contributed by atoms with van der Waals surface area (Å²) in [6.07, 6.45) is 5.86. The minimum atomic E-state index is -1.04. The molecular formula is C26H43NO6. The van der Waals surface area contributed by atoms with Gasteiger partial charge in [0, 0.05) is 6.42 Å². The van der Waals surface area contributed by atoms with Crippen LogP contribution >= 0.6 is 0 Å². The van der Waals surface area contributed by atoms with E-state index >= 15 is 0 Å². The molecule has 0 radical (unpaired) electrons. The number of carbonyl (C=O) groups excluding carboxylic acids is 1. The molecule has 4 aliphatic carbocycles. The number of nitrogens with one attached hydrogen (secondary N) is 1. The third-order valence-electron chi connectivity index (χ3n) is 10.8. The SMILES string of the molecule is C[C@H](CCC(=O)NCC(=O)O)[C@@H]1CC[C@@H]2[C@H]3[C@H](O)C[C@H]4C[C@@H](O)CC[C@]4(C)[C@@H]3C[C@@H](O)[C@]21C. The summed E-state index contributed by atoms with van der Waals surface area (Å²) < 4.78 is 0. The molecule has 188 valence electrons. The first kappa shape index (κ1) is 24.9. The summed E-state index contributed by atoms with van der Waals surface area (Å²) in [5, 5.41) is 44.4. The lowest BCUT2D eigenvalue weighted by Gasteiger charge is -2.63. The smallest absolute Gasteiger partial charge is 0.322 e. The van der Waals surface area contributed by atoms with Crippen LogP contribution in [0.2, 0.25) is 0 Å². The van der Waals surface area contributed by atoms with Gasteiger partial charge in [0.1, 0.15) is 6.54 Å². The second kappa shape index (κ2) is 9.12. The van der Waals surface area contributed by atoms with Crippen LogP contribution in [-0.2, 0) is 9.59 Å². The van der Waals surface area contributed by atoms with Gasteiger partial charge < -0.3 is 25.7 Å². The van der Waals surface area contributed by atoms with E-state index < -0.39 is 12.1 Å². The number of amides is 1. The zero-order chi connectivity index (χ0) is 24.1. The van der Waals surface area contributed by atoms with E-state index in [1.807, 2.05) is 0 Å². The van der Waals surface area contributed by atoms with Crippen molar-refractivity contribution in [3.63, 3.8) is 0 Å². The van der Waals surface area contributed by atoms with Gasteiger partial charge in [0.25, 0.3) is 0 Å². The van der Waals surface area contributed by atoms with E-state index in [9.17, 15) is 24.9 Å². The Labute approximate surface area is 197 Å². The Balaban J connectivity index is 1.49. The van der Waals surface area contributed by atoms with E-state index in [0.717, 1.165) is 38.5 Å². The fourth-order valence-corrected chi connectivity index (χ4v) is 8.95. The van der Waals surface area contributed by atoms with Gasteiger partial charge in [0.05, 0.1) is 18.3 Å². The topological polar surface area (TPSA) is 127 Å². The number of carboxylic acid groups (broad SMARTS) is 1. The molecule has 0 heterocycles. The minimum Gasteiger partial charge on any atom is -0.480 e. The first-order chi connectivity index (χ1) is 15.5. The summed E-state index contributed by atoms with van der Waals surface area (Å²) in [6, 6.07) is 0. The lowest BCUT2D eigenvalue weighted by Crippen LogP contribution is -2.62. The Morgan fingerprint density at radius 3 is 2.45 bits per heavy atom. The molecule has 4 saturated carbocycles. The second-order valence-corrected chi connectivity index (χ2v) is 12.2. The summed E-state index contributed by atoms with van der Waals surface area (Å²) in [5.74, 6) is 0.265. The zero-order valence-electron chi connectivity index (χ0n) is 20.4. The number of aliphatic hydroxyl groups excluding tert-OH is 3. The Kier molecular flexibility index (Phi) is 6.89. The molecule has 4 rings (SSSR count). The summed E-state index contributed by atoms with van der Waals surface area (Å²) in [4.78, 5) is 22.7. The molecule has 0 spiro atoms. The molecule has 0 unspecified atom stereocenters. The first-order valence-corrected chi connectivity index (χ1v) is 13.0. The van der Waals surface area contributed by atoms with Crippen LogP contribution in [-0.4, -0.2) is 57.2 Å². The molecule has 0 aromatic heterocycles. The number of fused-ring (bicyclic) bond motifs is 5. The van der Waals surface area contributed by atoms with Crippen molar-refractivity contribution in [2.24, 2.45) is 46.3 Å². The molecule has 1 amide bonds. The highest BCUT2D eigenvalue weighted by molar-refractivity contribution is 5.81. The molecule has 0 aromatic rings. The summed E-state index contributed by atoms with van der Waals surface area (Å²) >= 11 is 0. The van der Waals surface area contributed by atoms with Gasteiger partial charge in [-0.05, 0) is 97.7 Å². The molecule has 0 saturated heterocycles. The molecule has 5 N–H and O–H groups in total. The Morgan fingerprint density at radius 2 is 1.76 bits per heavy atom. The zero-order valence-corrected chi connectivity index (χ0v) is 20.4. The molecule has 4 aliphatic rings. The highest BCUT2D eigenvalue weighted by Crippen LogP contribution is 2.68. The fourth-order valence-electron chi connectivity index (χ4n) is 8.95. The molecular weight excluding hydrogens is 422 g/mol. The first-order valence-electron chi connectivity index (χ1n) is 13.0. The number of hydrogen-bond donors (Lipinski definition) is 5. The average molecular weight is 466 g/mol. The molecule has 0 aliphatic heterocycles. The maximum Gasteiger partial charge on any atom is 0.322 e. The van der Waals surface area contributed by atoms with Crippen molar-refractivity contribution in [2.75, 3.05) is 6.54 Å². The normalized spacial score (nSPS) is 47.7. The van der Waals surface area contributed by atoms with Gasteiger partial charge >= 0.3 is 5.97 Å². The van der Waals surface area contributed by atoms with Crippen molar-refractivity contribution >= 4 is 11.9 Å². The lowest BCUT2D eigenvalue weighted by molar-refractivity contribution is -0.207. The third-order valence-corrected chi connectivity index (χ3v) is 10.8. The van der Waals surface area contributed by atoms with Crippen molar-refractivity contribution in [1.29, 1.82) is 0 Å². The van der Waals surface area contributed by atoms with Crippen LogP contribution < -0.4 is 5.32 Å². The van der Waals surface area contributed by atoms with Gasteiger partial charge in [0.2, 0.25) is 5.91 Å². The van der Waals surface area contributed by atoms with E-state index in [4.69, 9.17) is 5.11 Å². The van der Waals surface area contributed by atoms with E-state index in [1.165, 1.54) is 0 Å². The van der Waals surface area contributed by atoms with Gasteiger partial charge in [-0.1, -0.05) is 20.8 Å². The number of carboxylic acids is 1. The highest BCUT2D eigenvalue weighted by Gasteiger charge is 2.65. The van der Waals surface area contributed by atoms with Gasteiger partial charge in [-0.25, -0.2) is 0 Å². The second-order valence-electron chi connectivity index (χ2n) is 12.2. The van der Waals surface area contributed by atoms with Crippen LogP contribution in [0.15, 0.2) is 0 Å². The predicted octanol–water partition coefficient (Wildman–Crippen LogP) is 2.56. The Morgan fingerprint density at radius 1 is 1.03 bits per heavy atom. The summed E-state index contributed by atoms with van der Waals surface area (Å²) in [5.41, 5.74) is -0.214. The van der Waals surface area contributed by atoms with Crippen molar-refractivity contribution < 1.29 is 30.0 Å². The summed E-state index contributed by atoms with van der Waals surface area (Å²) in [7, 11) is 0. The molecule has 4 fully saturated rings. The standard InChI is InChI=1S/C26H43NO6/c1-14(4-7-22(31)27-13-23(32)33)17-5-6-18-24-19(12-21(30)26(17,18)3)25(2)9-8-16(28)10-15(25)11-20(24)29/h14-21,24,28-30H,4-13H2,1-3H3,(H,27,31)(H,32,33)/t14-,15-,16+,17+,18-,19-,20-,21-,24-,25+,26+/m1/s1. The number of rotatable bonds is 6. The van der Waals surface area contributed by atoms with E-state index in [2.05, 4.69) is 26.1 Å². The Bertz CT molecular complexity index is 759. The fraction of sp³-hybridized carbons (Fsp3) is 0.923. The van der Waals surface area contributed by atoms with E-state index in [-0.39, 0.29) is 65.1 Å². The van der Waals surface area contributed by atoms with Gasteiger partial charge in [-0.3, -0.25) is 9.59 Å². The molecule has 7 heteroatoms. The van der Waals surface area contributed by atoms with Gasteiger partial charge in [-0.2, -0.15) is 0 Å². The highest BCUT2D eigenvalue weighted by atomic mass is 16.4. The maximum absolute atomic E-state index is 12.0. The molecule has 33 heavy (non-hydrogen) atoms. The van der Waals surface area contributed by atoms with Crippen molar-refractivity contribution in [1.82, 2.24) is 5.32 Å². The third kappa shape index (κ3) is 4.23. The van der Waals surface area contributed by atoms with Crippen LogP contribution in [0.5, 0.6) is 0 Å². The van der Waals surface area contributed by atoms with Crippen molar-refractivity contribution in [3.8, 4) is 0 Å². The number of aliphatic carboxylic acids is 1. The number of carbonyl (C=O) groups is 2. The van der Waals surface area contributed by atoms with E-state index in [1.54, 1.807) is 0 Å². The number of hydrogen-bond acceptors (Lipinski definition) is 5. The van der Waals surface area contributed by atoms with Crippen molar-refractivity contribution in [2.45, 2.75) is 96.9 Å². The lowest BCUT2D eigenvalue weighted by atomic mass is 9.43. The summed E-state index contributed by atoms with van der Waals surface area (Å²) in [6.45, 7) is 6.35. The van der Waals surface area contributed by atoms with Gasteiger partial charge in [0.15, 0.2) is 0 Å². The molecule has 7 nitrogen and oxygen atoms in total. The monoisotopic (exact) mass is 465 g/mol. The van der Waals surface area contributed by atoms with Crippen molar-refractivity contribution in [3.05, 3.63) is 0 Å². The largest absolute Gasteiger partial charge is 0.480 e. The predicted molar refractivity (Wildman–Crippen MR) is 123 cm³/mol. The van der Waals surface area contributed by atoms with Gasteiger partial charge in [-0.15, -0.1) is 0 Å².